The molecule has 1 aromatic rings. The Morgan fingerprint density at radius 2 is 2.16 bits per heavy atom. The van der Waals surface area contributed by atoms with Crippen molar-refractivity contribution in [3.63, 3.8) is 0 Å². The van der Waals surface area contributed by atoms with Crippen molar-refractivity contribution in [1.82, 2.24) is 19.8 Å². The number of rotatable bonds is 3. The van der Waals surface area contributed by atoms with Crippen LogP contribution in [0.25, 0.3) is 0 Å². The van der Waals surface area contributed by atoms with E-state index in [1.165, 1.54) is 17.3 Å². The summed E-state index contributed by atoms with van der Waals surface area (Å²) in [6.07, 6.45) is 2.96. The summed E-state index contributed by atoms with van der Waals surface area (Å²) in [5.74, 6) is 0.322. The summed E-state index contributed by atoms with van der Waals surface area (Å²) in [4.78, 5) is 35.0. The summed E-state index contributed by atoms with van der Waals surface area (Å²) in [5, 5.41) is 3.01. The Morgan fingerprint density at radius 3 is 2.74 bits per heavy atom. The molecule has 0 spiro atoms. The van der Waals surface area contributed by atoms with Gasteiger partial charge in [0, 0.05) is 26.7 Å². The number of nitrogens with one attached hydrogen (secondary N) is 1. The molecule has 1 aromatic heterocycles. The van der Waals surface area contributed by atoms with Gasteiger partial charge in [0.1, 0.15) is 18.1 Å². The van der Waals surface area contributed by atoms with Gasteiger partial charge in [0.15, 0.2) is 0 Å². The minimum absolute atomic E-state index is 0.0585. The van der Waals surface area contributed by atoms with Gasteiger partial charge in [-0.2, -0.15) is 0 Å². The summed E-state index contributed by atoms with van der Waals surface area (Å²) in [6, 6.07) is 0. The molecule has 0 saturated carbocycles. The fourth-order valence-corrected chi connectivity index (χ4v) is 1.80. The number of amides is 2. The SMILES string of the molecule is CCNc1cnc(C(=O)N2CCN(C)C(=O)C2)cn1. The molecule has 2 amide bonds. The Morgan fingerprint density at radius 1 is 1.37 bits per heavy atom. The van der Waals surface area contributed by atoms with Crippen molar-refractivity contribution in [2.75, 3.05) is 38.5 Å². The Kier molecular flexibility index (Phi) is 3.94. The van der Waals surface area contributed by atoms with Crippen LogP contribution < -0.4 is 5.32 Å². The number of anilines is 1. The second kappa shape index (κ2) is 5.64. The van der Waals surface area contributed by atoms with E-state index in [0.717, 1.165) is 6.54 Å². The zero-order valence-electron chi connectivity index (χ0n) is 11.1. The molecule has 2 heterocycles. The molecular formula is C12H17N5O2. The molecule has 19 heavy (non-hydrogen) atoms. The first-order chi connectivity index (χ1) is 9.11. The van der Waals surface area contributed by atoms with Gasteiger partial charge in [0.2, 0.25) is 5.91 Å². The lowest BCUT2D eigenvalue weighted by atomic mass is 10.3. The Balaban J connectivity index is 2.05. The standard InChI is InChI=1S/C12H17N5O2/c1-3-13-10-7-14-9(6-15-10)12(19)17-5-4-16(2)11(18)8-17/h6-7H,3-5,8H2,1-2H3,(H,13,15). The number of nitrogens with zero attached hydrogens (tertiary/aromatic N) is 4. The highest BCUT2D eigenvalue weighted by Gasteiger charge is 2.26. The smallest absolute Gasteiger partial charge is 0.274 e. The largest absolute Gasteiger partial charge is 0.369 e. The van der Waals surface area contributed by atoms with Crippen molar-refractivity contribution >= 4 is 17.6 Å². The number of likely N-dealkylation sites (N-methyl/N-ethyl adjacent to an activating group) is 1. The molecule has 1 fully saturated rings. The normalized spacial score (nSPS) is 15.6. The van der Waals surface area contributed by atoms with E-state index in [0.29, 0.717) is 18.9 Å². The van der Waals surface area contributed by atoms with Crippen LogP contribution in [0.1, 0.15) is 17.4 Å². The number of carbonyl (C=O) groups excluding carboxylic acids is 2. The number of piperazine rings is 1. The maximum Gasteiger partial charge on any atom is 0.274 e. The lowest BCUT2D eigenvalue weighted by Gasteiger charge is -2.31. The summed E-state index contributed by atoms with van der Waals surface area (Å²) in [5.41, 5.74) is 0.263. The fourth-order valence-electron chi connectivity index (χ4n) is 1.80. The lowest BCUT2D eigenvalue weighted by molar-refractivity contribution is -0.133. The van der Waals surface area contributed by atoms with Crippen LogP contribution in [0, 0.1) is 0 Å². The topological polar surface area (TPSA) is 78.4 Å². The quantitative estimate of drug-likeness (QED) is 0.818. The minimum Gasteiger partial charge on any atom is -0.369 e. The van der Waals surface area contributed by atoms with Crippen molar-refractivity contribution in [2.24, 2.45) is 0 Å². The predicted octanol–water partition coefficient (Wildman–Crippen LogP) is -0.177. The van der Waals surface area contributed by atoms with Gasteiger partial charge in [-0.25, -0.2) is 9.97 Å². The van der Waals surface area contributed by atoms with Crippen LogP contribution in [0.5, 0.6) is 0 Å². The van der Waals surface area contributed by atoms with Crippen LogP contribution in [-0.2, 0) is 4.79 Å². The molecule has 0 bridgehead atoms. The second-order valence-electron chi connectivity index (χ2n) is 4.36. The Bertz CT molecular complexity index is 474. The molecule has 1 aliphatic rings. The number of aromatic nitrogens is 2. The fraction of sp³-hybridized carbons (Fsp3) is 0.500. The molecule has 0 radical (unpaired) electrons. The van der Waals surface area contributed by atoms with Gasteiger partial charge in [-0.15, -0.1) is 0 Å². The van der Waals surface area contributed by atoms with Crippen molar-refractivity contribution in [2.45, 2.75) is 6.92 Å². The number of hydrogen-bond donors (Lipinski definition) is 1. The van der Waals surface area contributed by atoms with E-state index in [4.69, 9.17) is 0 Å². The summed E-state index contributed by atoms with van der Waals surface area (Å²) in [7, 11) is 1.73. The van der Waals surface area contributed by atoms with Crippen LogP contribution in [0.3, 0.4) is 0 Å². The molecule has 0 aromatic carbocycles. The van der Waals surface area contributed by atoms with E-state index >= 15 is 0 Å². The average Bonchev–Trinajstić information content (AvgIpc) is 2.42. The van der Waals surface area contributed by atoms with E-state index in [1.54, 1.807) is 11.9 Å². The second-order valence-corrected chi connectivity index (χ2v) is 4.36. The van der Waals surface area contributed by atoms with Crippen molar-refractivity contribution < 1.29 is 9.59 Å². The van der Waals surface area contributed by atoms with E-state index in [2.05, 4.69) is 15.3 Å². The third-order valence-electron chi connectivity index (χ3n) is 2.97. The molecule has 0 aliphatic carbocycles. The highest BCUT2D eigenvalue weighted by Crippen LogP contribution is 2.07. The van der Waals surface area contributed by atoms with E-state index < -0.39 is 0 Å². The van der Waals surface area contributed by atoms with Gasteiger partial charge >= 0.3 is 0 Å². The summed E-state index contributed by atoms with van der Waals surface area (Å²) in [6.45, 7) is 3.88. The van der Waals surface area contributed by atoms with Gasteiger partial charge in [-0.1, -0.05) is 0 Å². The number of carbonyl (C=O) groups is 2. The van der Waals surface area contributed by atoms with Gasteiger partial charge in [-0.3, -0.25) is 9.59 Å². The maximum absolute atomic E-state index is 12.2. The zero-order valence-corrected chi connectivity index (χ0v) is 11.1. The van der Waals surface area contributed by atoms with Gasteiger partial charge in [0.05, 0.1) is 12.4 Å². The summed E-state index contributed by atoms with van der Waals surface area (Å²) >= 11 is 0. The predicted molar refractivity (Wildman–Crippen MR) is 69.7 cm³/mol. The van der Waals surface area contributed by atoms with E-state index in [1.807, 2.05) is 6.92 Å². The first kappa shape index (κ1) is 13.3. The molecule has 1 saturated heterocycles. The molecule has 1 N–H and O–H groups in total. The molecule has 0 atom stereocenters. The highest BCUT2D eigenvalue weighted by atomic mass is 16.2. The zero-order chi connectivity index (χ0) is 13.8. The monoisotopic (exact) mass is 263 g/mol. The third-order valence-corrected chi connectivity index (χ3v) is 2.97. The van der Waals surface area contributed by atoms with Gasteiger partial charge < -0.3 is 15.1 Å². The first-order valence-corrected chi connectivity index (χ1v) is 6.21. The molecule has 1 aliphatic heterocycles. The third kappa shape index (κ3) is 2.98. The minimum atomic E-state index is -0.253. The first-order valence-electron chi connectivity index (χ1n) is 6.21. The van der Waals surface area contributed by atoms with Gasteiger partial charge in [0.25, 0.3) is 5.91 Å². The van der Waals surface area contributed by atoms with Crippen LogP contribution in [0.2, 0.25) is 0 Å². The lowest BCUT2D eigenvalue weighted by Crippen LogP contribution is -2.50. The van der Waals surface area contributed by atoms with E-state index in [9.17, 15) is 9.59 Å². The van der Waals surface area contributed by atoms with Crippen LogP contribution in [0.15, 0.2) is 12.4 Å². The van der Waals surface area contributed by atoms with Crippen molar-refractivity contribution in [1.29, 1.82) is 0 Å². The van der Waals surface area contributed by atoms with Crippen LogP contribution in [0.4, 0.5) is 5.82 Å². The van der Waals surface area contributed by atoms with E-state index in [-0.39, 0.29) is 24.1 Å². The molecule has 2 rings (SSSR count). The Hall–Kier alpha value is -2.18. The van der Waals surface area contributed by atoms with Crippen LogP contribution in [-0.4, -0.2) is 64.8 Å². The highest BCUT2D eigenvalue weighted by molar-refractivity contribution is 5.95. The van der Waals surface area contributed by atoms with Gasteiger partial charge in [-0.05, 0) is 6.92 Å². The number of hydrogen-bond acceptors (Lipinski definition) is 5. The molecule has 7 nitrogen and oxygen atoms in total. The van der Waals surface area contributed by atoms with Crippen molar-refractivity contribution in [3.8, 4) is 0 Å². The van der Waals surface area contributed by atoms with Crippen molar-refractivity contribution in [3.05, 3.63) is 18.1 Å². The Labute approximate surface area is 111 Å². The molecule has 0 unspecified atom stereocenters. The average molecular weight is 263 g/mol. The molecule has 7 heteroatoms. The summed E-state index contributed by atoms with van der Waals surface area (Å²) < 4.78 is 0. The molecule has 102 valence electrons. The maximum atomic E-state index is 12.2. The van der Waals surface area contributed by atoms with Crippen LogP contribution >= 0.6 is 0 Å². The molecular weight excluding hydrogens is 246 g/mol.